The van der Waals surface area contributed by atoms with E-state index >= 15 is 0 Å². The molecule has 1 aliphatic heterocycles. The van der Waals surface area contributed by atoms with Crippen molar-refractivity contribution in [3.8, 4) is 5.75 Å². The molecule has 3 rings (SSSR count). The third-order valence-corrected chi connectivity index (χ3v) is 5.29. The Morgan fingerprint density at radius 3 is 2.67 bits per heavy atom. The van der Waals surface area contributed by atoms with E-state index in [1.807, 2.05) is 0 Å². The van der Waals surface area contributed by atoms with E-state index < -0.39 is 5.97 Å². The molecule has 8 heteroatoms. The summed E-state index contributed by atoms with van der Waals surface area (Å²) in [6, 6.07) is 4.70. The quantitative estimate of drug-likeness (QED) is 0.681. The van der Waals surface area contributed by atoms with Gasteiger partial charge in [-0.25, -0.2) is 4.79 Å². The largest absolute Gasteiger partial charge is 0.489 e. The molecule has 0 radical (unpaired) electrons. The molecule has 148 valence electrons. The lowest BCUT2D eigenvalue weighted by Gasteiger charge is -2.27. The molecule has 0 bridgehead atoms. The van der Waals surface area contributed by atoms with Gasteiger partial charge in [-0.15, -0.1) is 0 Å². The number of ether oxygens (including phenoxy) is 2. The topological polar surface area (TPSA) is 96.9 Å². The number of aliphatic carboxylic acids is 1. The van der Waals surface area contributed by atoms with E-state index in [-0.39, 0.29) is 24.1 Å². The molecule has 1 unspecified atom stereocenters. The molecule has 1 saturated carbocycles. The Kier molecular flexibility index (Phi) is 6.79. The van der Waals surface area contributed by atoms with E-state index in [4.69, 9.17) is 26.2 Å². The lowest BCUT2D eigenvalue weighted by molar-refractivity contribution is -0.142. The van der Waals surface area contributed by atoms with Crippen molar-refractivity contribution < 1.29 is 24.2 Å². The Bertz CT molecular complexity index is 670. The zero-order valence-corrected chi connectivity index (χ0v) is 15.8. The molecule has 1 aromatic carbocycles. The average Bonchev–Trinajstić information content (AvgIpc) is 3.15. The third-order valence-electron chi connectivity index (χ3n) is 5.05. The summed E-state index contributed by atoms with van der Waals surface area (Å²) in [6.45, 7) is 1.18. The minimum absolute atomic E-state index is 0.0314. The van der Waals surface area contributed by atoms with E-state index in [2.05, 4.69) is 10.6 Å². The number of carbonyl (C=O) groups is 2. The third kappa shape index (κ3) is 5.74. The maximum absolute atomic E-state index is 12.4. The molecule has 2 fully saturated rings. The Hall–Kier alpha value is -1.99. The maximum Gasteiger partial charge on any atom is 0.319 e. The first-order chi connectivity index (χ1) is 13.0. The number of hydrogen-bond acceptors (Lipinski definition) is 4. The second-order valence-corrected chi connectivity index (χ2v) is 7.51. The SMILES string of the molecule is O=C(Nc1cc(Cl)ccc1OCC1CCCO1)NC1CCC(C(=O)O)CC1. The Morgan fingerprint density at radius 2 is 2.00 bits per heavy atom. The van der Waals surface area contributed by atoms with Gasteiger partial charge in [0.2, 0.25) is 0 Å². The van der Waals surface area contributed by atoms with Crippen molar-refractivity contribution in [2.45, 2.75) is 50.7 Å². The highest BCUT2D eigenvalue weighted by Gasteiger charge is 2.27. The first kappa shape index (κ1) is 19.8. The van der Waals surface area contributed by atoms with Crippen LogP contribution in [-0.4, -0.2) is 42.5 Å². The van der Waals surface area contributed by atoms with Gasteiger partial charge in [-0.05, 0) is 56.7 Å². The zero-order chi connectivity index (χ0) is 19.2. The number of anilines is 1. The first-order valence-corrected chi connectivity index (χ1v) is 9.73. The van der Waals surface area contributed by atoms with E-state index in [1.54, 1.807) is 18.2 Å². The molecule has 0 aromatic heterocycles. The zero-order valence-electron chi connectivity index (χ0n) is 15.1. The number of amides is 2. The summed E-state index contributed by atoms with van der Waals surface area (Å²) in [6.07, 6.45) is 4.54. The van der Waals surface area contributed by atoms with Crippen LogP contribution < -0.4 is 15.4 Å². The van der Waals surface area contributed by atoms with E-state index in [0.717, 1.165) is 19.4 Å². The fraction of sp³-hybridized carbons (Fsp3) is 0.579. The number of rotatable bonds is 6. The predicted octanol–water partition coefficient (Wildman–Crippen LogP) is 3.66. The Morgan fingerprint density at radius 1 is 1.22 bits per heavy atom. The van der Waals surface area contributed by atoms with Crippen molar-refractivity contribution in [2.75, 3.05) is 18.5 Å². The van der Waals surface area contributed by atoms with E-state index in [0.29, 0.717) is 48.7 Å². The second-order valence-electron chi connectivity index (χ2n) is 7.07. The van der Waals surface area contributed by atoms with Gasteiger partial charge in [0, 0.05) is 17.7 Å². The number of carbonyl (C=O) groups excluding carboxylic acids is 1. The van der Waals surface area contributed by atoms with Crippen LogP contribution in [0.2, 0.25) is 5.02 Å². The number of benzene rings is 1. The average molecular weight is 397 g/mol. The minimum atomic E-state index is -0.759. The Labute approximate surface area is 163 Å². The van der Waals surface area contributed by atoms with E-state index in [1.165, 1.54) is 0 Å². The van der Waals surface area contributed by atoms with Gasteiger partial charge in [0.25, 0.3) is 0 Å². The Balaban J connectivity index is 1.53. The van der Waals surface area contributed by atoms with Crippen molar-refractivity contribution in [2.24, 2.45) is 5.92 Å². The van der Waals surface area contributed by atoms with Gasteiger partial charge in [-0.3, -0.25) is 4.79 Å². The number of carboxylic acids is 1. The van der Waals surface area contributed by atoms with Crippen LogP contribution >= 0.6 is 11.6 Å². The molecule has 2 amide bonds. The van der Waals surface area contributed by atoms with Crippen LogP contribution in [0.5, 0.6) is 5.75 Å². The van der Waals surface area contributed by atoms with Gasteiger partial charge in [0.15, 0.2) is 0 Å². The standard InChI is InChI=1S/C19H25ClN2O5/c20-13-5-8-17(27-11-15-2-1-9-26-15)16(10-13)22-19(25)21-14-6-3-12(4-7-14)18(23)24/h5,8,10,12,14-15H,1-4,6-7,9,11H2,(H,23,24)(H2,21,22,25). The molecule has 7 nitrogen and oxygen atoms in total. The summed E-state index contributed by atoms with van der Waals surface area (Å²) in [5.74, 6) is -0.527. The predicted molar refractivity (Wildman–Crippen MR) is 101 cm³/mol. The van der Waals surface area contributed by atoms with Crippen LogP contribution in [-0.2, 0) is 9.53 Å². The van der Waals surface area contributed by atoms with Gasteiger partial charge < -0.3 is 25.2 Å². The number of halogens is 1. The lowest BCUT2D eigenvalue weighted by Crippen LogP contribution is -2.41. The minimum Gasteiger partial charge on any atom is -0.489 e. The monoisotopic (exact) mass is 396 g/mol. The van der Waals surface area contributed by atoms with Crippen LogP contribution in [0, 0.1) is 5.92 Å². The van der Waals surface area contributed by atoms with Crippen LogP contribution in [0.25, 0.3) is 0 Å². The van der Waals surface area contributed by atoms with Crippen molar-refractivity contribution in [1.29, 1.82) is 0 Å². The van der Waals surface area contributed by atoms with Crippen molar-refractivity contribution in [1.82, 2.24) is 5.32 Å². The number of carboxylic acid groups (broad SMARTS) is 1. The van der Waals surface area contributed by atoms with Crippen molar-refractivity contribution in [3.63, 3.8) is 0 Å². The van der Waals surface area contributed by atoms with Crippen LogP contribution in [0.1, 0.15) is 38.5 Å². The van der Waals surface area contributed by atoms with Gasteiger partial charge in [0.1, 0.15) is 12.4 Å². The van der Waals surface area contributed by atoms with Gasteiger partial charge in [0.05, 0.1) is 17.7 Å². The lowest BCUT2D eigenvalue weighted by atomic mass is 9.86. The van der Waals surface area contributed by atoms with Crippen molar-refractivity contribution >= 4 is 29.3 Å². The fourth-order valence-electron chi connectivity index (χ4n) is 3.51. The molecule has 3 N–H and O–H groups in total. The number of nitrogens with one attached hydrogen (secondary N) is 2. The van der Waals surface area contributed by atoms with Crippen LogP contribution in [0.4, 0.5) is 10.5 Å². The summed E-state index contributed by atoms with van der Waals surface area (Å²) in [7, 11) is 0. The molecule has 1 heterocycles. The smallest absolute Gasteiger partial charge is 0.319 e. The summed E-state index contributed by atoms with van der Waals surface area (Å²) >= 11 is 6.06. The summed E-state index contributed by atoms with van der Waals surface area (Å²) < 4.78 is 11.4. The van der Waals surface area contributed by atoms with Gasteiger partial charge in [-0.2, -0.15) is 0 Å². The second kappa shape index (κ2) is 9.28. The molecule has 1 saturated heterocycles. The van der Waals surface area contributed by atoms with Crippen LogP contribution in [0.15, 0.2) is 18.2 Å². The molecule has 1 atom stereocenters. The highest BCUT2D eigenvalue weighted by Crippen LogP contribution is 2.29. The van der Waals surface area contributed by atoms with Gasteiger partial charge in [-0.1, -0.05) is 11.6 Å². The normalized spacial score (nSPS) is 25.0. The molecular weight excluding hydrogens is 372 g/mol. The highest BCUT2D eigenvalue weighted by molar-refractivity contribution is 6.31. The number of urea groups is 1. The van der Waals surface area contributed by atoms with Gasteiger partial charge >= 0.3 is 12.0 Å². The summed E-state index contributed by atoms with van der Waals surface area (Å²) in [4.78, 5) is 23.4. The van der Waals surface area contributed by atoms with Crippen LogP contribution in [0.3, 0.4) is 0 Å². The highest BCUT2D eigenvalue weighted by atomic mass is 35.5. The number of hydrogen-bond donors (Lipinski definition) is 3. The summed E-state index contributed by atoms with van der Waals surface area (Å²) in [5, 5.41) is 15.2. The molecule has 2 aliphatic rings. The molecule has 27 heavy (non-hydrogen) atoms. The molecular formula is C19H25ClN2O5. The summed E-state index contributed by atoms with van der Waals surface area (Å²) in [5.41, 5.74) is 0.497. The van der Waals surface area contributed by atoms with E-state index in [9.17, 15) is 9.59 Å². The fourth-order valence-corrected chi connectivity index (χ4v) is 3.68. The first-order valence-electron chi connectivity index (χ1n) is 9.35. The molecule has 1 aliphatic carbocycles. The van der Waals surface area contributed by atoms with Crippen molar-refractivity contribution in [3.05, 3.63) is 23.2 Å². The molecule has 1 aromatic rings. The molecule has 0 spiro atoms. The maximum atomic E-state index is 12.4.